The quantitative estimate of drug-likeness (QED) is 0.133. The normalized spacial score (nSPS) is 43.6. The van der Waals surface area contributed by atoms with Crippen molar-refractivity contribution in [1.29, 1.82) is 0 Å². The van der Waals surface area contributed by atoms with E-state index in [4.69, 9.17) is 18.9 Å². The van der Waals surface area contributed by atoms with E-state index in [1.54, 1.807) is 19.9 Å². The minimum atomic E-state index is -1.80. The summed E-state index contributed by atoms with van der Waals surface area (Å²) < 4.78 is 27.6. The third-order valence-corrected chi connectivity index (χ3v) is 15.2. The van der Waals surface area contributed by atoms with Crippen LogP contribution in [0.25, 0.3) is 0 Å². The van der Waals surface area contributed by atoms with Gasteiger partial charge in [0.2, 0.25) is 0 Å². The van der Waals surface area contributed by atoms with Crippen LogP contribution in [0.5, 0.6) is 0 Å². The Morgan fingerprint density at radius 3 is 2.25 bits per heavy atom. The first-order chi connectivity index (χ1) is 25.9. The summed E-state index contributed by atoms with van der Waals surface area (Å²) in [7, 11) is 2.36. The second-order valence-electron chi connectivity index (χ2n) is 17.2. The van der Waals surface area contributed by atoms with Crippen LogP contribution in [-0.4, -0.2) is 102 Å². The van der Waals surface area contributed by atoms with Crippen molar-refractivity contribution in [2.45, 2.75) is 90.1 Å². The molecule has 5 fully saturated rings. The third kappa shape index (κ3) is 4.64. The lowest BCUT2D eigenvalue weighted by atomic mass is 9.41. The monoisotopic (exact) mass is 764 g/mol. The van der Waals surface area contributed by atoms with Crippen LogP contribution >= 0.6 is 0 Å². The van der Waals surface area contributed by atoms with Gasteiger partial charge in [-0.3, -0.25) is 14.4 Å². The van der Waals surface area contributed by atoms with Crippen molar-refractivity contribution in [1.82, 2.24) is 0 Å². The van der Waals surface area contributed by atoms with Gasteiger partial charge in [-0.05, 0) is 74.7 Å². The molecule has 1 aliphatic heterocycles. The fourth-order valence-corrected chi connectivity index (χ4v) is 12.6. The summed E-state index contributed by atoms with van der Waals surface area (Å²) in [5.41, 5.74) is -3.78. The lowest BCUT2D eigenvalue weighted by Gasteiger charge is -2.64. The molecular weight excluding hydrogens is 716 g/mol. The molecule has 0 aromatic carbocycles. The number of hydrogen-bond acceptors (Lipinski definition) is 14. The molecule has 13 atom stereocenters. The van der Waals surface area contributed by atoms with Gasteiger partial charge < -0.3 is 39.0 Å². The molecule has 0 bridgehead atoms. The molecule has 8 rings (SSSR count). The van der Waals surface area contributed by atoms with Crippen molar-refractivity contribution in [3.8, 4) is 0 Å². The molecule has 7 aliphatic carbocycles. The standard InChI is InChI=1S/C41H48O14/c1-8-16(2)35(47)54-15-40(50)23-13-22(23)38(4)24-12-19-18-11-21(18)39(5)28(19)30(27(31(44)34(39)46)17(3)36(48)52-7)41(24)29(32(45)33(38)40)20(37(49)55-41)14-53-26(43)10-9-25(42)51-6/h8,18,21-24,30,32-34,45-46,50H,9-15H2,1-7H3/b16-8+,27-17-/t18-,21-,22-,23+,24+,30+,32+,33?,34+,38-,39+,40+,41-/m1/s1. The first-order valence-corrected chi connectivity index (χ1v) is 19.0. The molecule has 8 aliphatic rings. The Hall–Kier alpha value is -4.14. The summed E-state index contributed by atoms with van der Waals surface area (Å²) in [6, 6.07) is 0. The molecule has 0 amide bonds. The van der Waals surface area contributed by atoms with Crippen molar-refractivity contribution >= 4 is 35.6 Å². The van der Waals surface area contributed by atoms with Crippen LogP contribution in [0.15, 0.2) is 45.1 Å². The molecule has 3 N–H and O–H groups in total. The predicted molar refractivity (Wildman–Crippen MR) is 187 cm³/mol. The number of fused-ring (bicyclic) bond motifs is 7. The highest BCUT2D eigenvalue weighted by Gasteiger charge is 2.86. The van der Waals surface area contributed by atoms with Crippen LogP contribution in [0.2, 0.25) is 0 Å². The lowest BCUT2D eigenvalue weighted by Crippen LogP contribution is -2.70. The number of ether oxygens (including phenoxy) is 5. The Morgan fingerprint density at radius 1 is 0.909 bits per heavy atom. The van der Waals surface area contributed by atoms with Crippen molar-refractivity contribution in [3.63, 3.8) is 0 Å². The van der Waals surface area contributed by atoms with E-state index in [2.05, 4.69) is 4.74 Å². The molecule has 0 aromatic heterocycles. The van der Waals surface area contributed by atoms with Crippen molar-refractivity contribution in [2.75, 3.05) is 27.4 Å². The molecule has 5 saturated carbocycles. The maximum absolute atomic E-state index is 14.6. The summed E-state index contributed by atoms with van der Waals surface area (Å²) in [4.78, 5) is 80.0. The zero-order valence-corrected chi connectivity index (χ0v) is 32.1. The second-order valence-corrected chi connectivity index (χ2v) is 17.2. The van der Waals surface area contributed by atoms with Crippen LogP contribution in [0, 0.1) is 52.3 Å². The SMILES string of the molecule is C/C=C(\C)C(=O)OC[C@@]1(O)C2[C@@H](O)C3=C(COC(=O)CCC(=O)OC)C(=O)O[C@@]34[C@@H]3C5=C(C[C@H]4[C@@]2(C)[C@@H]2C[C@@H]21)[C@H]1C[C@H]1[C@]5(C)[C@@H](O)C(=O)/C3=C(/C)C(=O)OC. The van der Waals surface area contributed by atoms with E-state index in [-0.39, 0.29) is 58.8 Å². The lowest BCUT2D eigenvalue weighted by molar-refractivity contribution is -0.211. The van der Waals surface area contributed by atoms with E-state index < -0.39 is 101 Å². The topological polar surface area (TPSA) is 209 Å². The summed E-state index contributed by atoms with van der Waals surface area (Å²) in [6.45, 7) is 7.45. The second kappa shape index (κ2) is 12.2. The minimum Gasteiger partial charge on any atom is -0.469 e. The van der Waals surface area contributed by atoms with Gasteiger partial charge in [0.05, 0.1) is 44.7 Å². The van der Waals surface area contributed by atoms with E-state index in [0.29, 0.717) is 24.0 Å². The van der Waals surface area contributed by atoms with Crippen LogP contribution < -0.4 is 0 Å². The number of allylic oxidation sites excluding steroid dienone is 2. The average Bonchev–Trinajstić information content (AvgIpc) is 4.08. The predicted octanol–water partition coefficient (Wildman–Crippen LogP) is 1.98. The van der Waals surface area contributed by atoms with Crippen molar-refractivity contribution in [3.05, 3.63) is 45.1 Å². The average molecular weight is 765 g/mol. The van der Waals surface area contributed by atoms with Gasteiger partial charge in [0.25, 0.3) is 0 Å². The molecule has 55 heavy (non-hydrogen) atoms. The van der Waals surface area contributed by atoms with E-state index in [0.717, 1.165) is 12.0 Å². The maximum Gasteiger partial charge on any atom is 0.338 e. The molecule has 14 nitrogen and oxygen atoms in total. The Bertz CT molecular complexity index is 1990. The van der Waals surface area contributed by atoms with E-state index in [9.17, 15) is 44.1 Å². The zero-order chi connectivity index (χ0) is 39.9. The molecule has 0 aromatic rings. The van der Waals surface area contributed by atoms with Crippen LogP contribution in [0.3, 0.4) is 0 Å². The first kappa shape index (κ1) is 37.8. The van der Waals surface area contributed by atoms with Crippen LogP contribution in [0.4, 0.5) is 0 Å². The van der Waals surface area contributed by atoms with Crippen molar-refractivity contribution in [2.24, 2.45) is 52.3 Å². The number of aliphatic hydroxyl groups is 3. The van der Waals surface area contributed by atoms with Gasteiger partial charge in [-0.1, -0.05) is 25.5 Å². The Morgan fingerprint density at radius 2 is 1.60 bits per heavy atom. The van der Waals surface area contributed by atoms with Crippen LogP contribution in [0.1, 0.15) is 66.7 Å². The molecule has 1 heterocycles. The molecule has 296 valence electrons. The first-order valence-electron chi connectivity index (χ1n) is 19.0. The number of carbonyl (C=O) groups excluding carboxylic acids is 6. The molecule has 14 heteroatoms. The van der Waals surface area contributed by atoms with E-state index in [1.807, 2.05) is 13.8 Å². The van der Waals surface area contributed by atoms with E-state index >= 15 is 0 Å². The number of hydrogen-bond donors (Lipinski definition) is 3. The Kier molecular flexibility index (Phi) is 8.36. The molecule has 1 spiro atoms. The molecule has 1 unspecified atom stereocenters. The van der Waals surface area contributed by atoms with E-state index in [1.165, 1.54) is 21.1 Å². The number of rotatable bonds is 9. The number of aliphatic hydroxyl groups excluding tert-OH is 2. The number of ketones is 1. The maximum atomic E-state index is 14.6. The Balaban J connectivity index is 1.34. The van der Waals surface area contributed by atoms with Gasteiger partial charge in [0.1, 0.15) is 24.9 Å². The van der Waals surface area contributed by atoms with Gasteiger partial charge in [0.15, 0.2) is 11.4 Å². The number of esters is 5. The summed E-state index contributed by atoms with van der Waals surface area (Å²) in [5.74, 6) is -7.91. The fraction of sp³-hybridized carbons (Fsp3) is 0.659. The molecular formula is C41H48O14. The van der Waals surface area contributed by atoms with Gasteiger partial charge in [-0.25, -0.2) is 14.4 Å². The van der Waals surface area contributed by atoms with Gasteiger partial charge >= 0.3 is 29.8 Å². The van der Waals surface area contributed by atoms with Gasteiger partial charge in [0, 0.05) is 39.5 Å². The summed E-state index contributed by atoms with van der Waals surface area (Å²) in [6.07, 6.45) is -0.512. The highest BCUT2D eigenvalue weighted by molar-refractivity contribution is 6.09. The van der Waals surface area contributed by atoms with Gasteiger partial charge in [-0.15, -0.1) is 0 Å². The fourth-order valence-electron chi connectivity index (χ4n) is 12.6. The Labute approximate surface area is 317 Å². The van der Waals surface area contributed by atoms with Crippen LogP contribution in [-0.2, 0) is 52.5 Å². The summed E-state index contributed by atoms with van der Waals surface area (Å²) >= 11 is 0. The number of carbonyl (C=O) groups is 6. The molecule has 0 radical (unpaired) electrons. The van der Waals surface area contributed by atoms with Crippen molar-refractivity contribution < 1.29 is 67.8 Å². The molecule has 0 saturated heterocycles. The smallest absolute Gasteiger partial charge is 0.338 e. The minimum absolute atomic E-state index is 0.0280. The largest absolute Gasteiger partial charge is 0.469 e. The highest BCUT2D eigenvalue weighted by atomic mass is 16.6. The summed E-state index contributed by atoms with van der Waals surface area (Å²) in [5, 5.41) is 37.5. The number of Topliss-reactive ketones (excluding diaryl/α,β-unsaturated/α-hetero) is 1. The third-order valence-electron chi connectivity index (χ3n) is 15.2. The zero-order valence-electron chi connectivity index (χ0n) is 32.1. The van der Waals surface area contributed by atoms with Gasteiger partial charge in [-0.2, -0.15) is 0 Å². The number of methoxy groups -OCH3 is 2. The highest BCUT2D eigenvalue weighted by Crippen LogP contribution is 2.83.